The van der Waals surface area contributed by atoms with Crippen molar-refractivity contribution in [1.29, 1.82) is 0 Å². The summed E-state index contributed by atoms with van der Waals surface area (Å²) in [5.74, 6) is -1.31. The van der Waals surface area contributed by atoms with Crippen molar-refractivity contribution in [3.05, 3.63) is 52.6 Å². The summed E-state index contributed by atoms with van der Waals surface area (Å²) in [6.45, 7) is 2.65. The maximum Gasteiger partial charge on any atom is 0.414 e. The van der Waals surface area contributed by atoms with Crippen molar-refractivity contribution >= 4 is 45.9 Å². The summed E-state index contributed by atoms with van der Waals surface area (Å²) in [4.78, 5) is 51.2. The maximum atomic E-state index is 15.3. The Labute approximate surface area is 216 Å². The van der Waals surface area contributed by atoms with Crippen LogP contribution in [-0.4, -0.2) is 71.3 Å². The van der Waals surface area contributed by atoms with Gasteiger partial charge in [-0.15, -0.1) is 0 Å². The third-order valence-electron chi connectivity index (χ3n) is 6.66. The second-order valence-corrected chi connectivity index (χ2v) is 9.17. The zero-order valence-electron chi connectivity index (χ0n) is 20.6. The fraction of sp³-hybridized carbons (Fsp3) is 0.360. The summed E-state index contributed by atoms with van der Waals surface area (Å²) in [6, 6.07) is 9.52. The summed E-state index contributed by atoms with van der Waals surface area (Å²) in [5, 5.41) is 14.5. The van der Waals surface area contributed by atoms with Crippen molar-refractivity contribution in [2.24, 2.45) is 0 Å². The summed E-state index contributed by atoms with van der Waals surface area (Å²) < 4.78 is 24.0. The SMILES string of the molecule is CC(=O)NC[C@H]1CN(c2ccc(N3CCn4c(=O)c5cc(NC(=O)CO)ccc5n4CC3)c(F)c2)C(=O)O1. The third kappa shape index (κ3) is 4.79. The molecule has 38 heavy (non-hydrogen) atoms. The van der Waals surface area contributed by atoms with Crippen LogP contribution in [0.4, 0.5) is 26.2 Å². The Morgan fingerprint density at radius 2 is 1.84 bits per heavy atom. The number of amides is 3. The highest BCUT2D eigenvalue weighted by Crippen LogP contribution is 2.29. The molecular weight excluding hydrogens is 499 g/mol. The van der Waals surface area contributed by atoms with Crippen molar-refractivity contribution in [3.63, 3.8) is 0 Å². The number of hydrogen-bond acceptors (Lipinski definition) is 7. The van der Waals surface area contributed by atoms with Crippen LogP contribution in [0.1, 0.15) is 6.92 Å². The summed E-state index contributed by atoms with van der Waals surface area (Å²) in [5.41, 5.74) is 1.60. The molecule has 1 fully saturated rings. The van der Waals surface area contributed by atoms with Crippen LogP contribution < -0.4 is 26.0 Å². The lowest BCUT2D eigenvalue weighted by Crippen LogP contribution is -2.33. The van der Waals surface area contributed by atoms with E-state index in [2.05, 4.69) is 10.6 Å². The zero-order chi connectivity index (χ0) is 27.0. The van der Waals surface area contributed by atoms with E-state index in [9.17, 15) is 19.2 Å². The Hall–Kier alpha value is -4.39. The van der Waals surface area contributed by atoms with Crippen molar-refractivity contribution in [2.75, 3.05) is 47.9 Å². The second kappa shape index (κ2) is 10.2. The normalized spacial score (nSPS) is 17.2. The summed E-state index contributed by atoms with van der Waals surface area (Å²) in [6.07, 6.45) is -1.13. The van der Waals surface area contributed by atoms with Gasteiger partial charge in [-0.2, -0.15) is 0 Å². The number of ether oxygens (including phenoxy) is 1. The molecule has 0 spiro atoms. The van der Waals surface area contributed by atoms with Gasteiger partial charge >= 0.3 is 6.09 Å². The number of nitrogens with one attached hydrogen (secondary N) is 2. The Balaban J connectivity index is 1.31. The predicted molar refractivity (Wildman–Crippen MR) is 137 cm³/mol. The molecule has 0 bridgehead atoms. The molecule has 0 unspecified atom stereocenters. The van der Waals surface area contributed by atoms with Gasteiger partial charge in [0.25, 0.3) is 5.56 Å². The van der Waals surface area contributed by atoms with Crippen LogP contribution in [0.15, 0.2) is 41.2 Å². The standard InChI is InChI=1S/C25H27FN6O6/c1-15(34)27-12-18-13-30(25(37)38-18)17-3-5-22(20(26)11-17)29-6-8-31-21-4-2-16(28-23(35)14-33)10-19(21)24(36)32(31)9-7-29/h2-5,10-11,18,33H,6-9,12-14H2,1H3,(H,27,34)(H,28,35)/t18-/m0/s1. The molecule has 1 atom stereocenters. The average Bonchev–Trinajstić information content (AvgIpc) is 3.29. The monoisotopic (exact) mass is 526 g/mol. The van der Waals surface area contributed by atoms with Crippen LogP contribution in [0.5, 0.6) is 0 Å². The van der Waals surface area contributed by atoms with E-state index in [4.69, 9.17) is 9.84 Å². The number of hydrogen-bond donors (Lipinski definition) is 3. The average molecular weight is 527 g/mol. The highest BCUT2D eigenvalue weighted by Gasteiger charge is 2.33. The minimum atomic E-state index is -0.655. The number of cyclic esters (lactones) is 1. The van der Waals surface area contributed by atoms with E-state index in [-0.39, 0.29) is 24.6 Å². The first-order valence-corrected chi connectivity index (χ1v) is 12.2. The van der Waals surface area contributed by atoms with Crippen LogP contribution in [0.3, 0.4) is 0 Å². The quantitative estimate of drug-likeness (QED) is 0.433. The number of benzene rings is 2. The van der Waals surface area contributed by atoms with Gasteiger partial charge in [0.1, 0.15) is 18.5 Å². The van der Waals surface area contributed by atoms with Gasteiger partial charge in [-0.1, -0.05) is 0 Å². The maximum absolute atomic E-state index is 15.3. The van der Waals surface area contributed by atoms with Crippen molar-refractivity contribution in [3.8, 4) is 0 Å². The number of aliphatic hydroxyl groups excluding tert-OH is 1. The van der Waals surface area contributed by atoms with E-state index in [1.807, 2.05) is 9.58 Å². The van der Waals surface area contributed by atoms with E-state index in [1.54, 1.807) is 35.0 Å². The first kappa shape index (κ1) is 25.3. The van der Waals surface area contributed by atoms with Crippen LogP contribution in [-0.2, 0) is 27.4 Å². The molecule has 2 aromatic carbocycles. The minimum Gasteiger partial charge on any atom is -0.442 e. The predicted octanol–water partition coefficient (Wildman–Crippen LogP) is 0.854. The summed E-state index contributed by atoms with van der Waals surface area (Å²) in [7, 11) is 0. The topological polar surface area (TPSA) is 138 Å². The number of halogens is 1. The number of anilines is 3. The number of nitrogens with zero attached hydrogens (tertiary/aromatic N) is 4. The van der Waals surface area contributed by atoms with Crippen molar-refractivity contribution < 1.29 is 28.6 Å². The van der Waals surface area contributed by atoms with Gasteiger partial charge in [0.2, 0.25) is 11.8 Å². The molecule has 200 valence electrons. The molecule has 2 aliphatic rings. The molecule has 13 heteroatoms. The molecule has 12 nitrogen and oxygen atoms in total. The van der Waals surface area contributed by atoms with Crippen LogP contribution in [0, 0.1) is 5.82 Å². The fourth-order valence-corrected chi connectivity index (χ4v) is 4.85. The fourth-order valence-electron chi connectivity index (χ4n) is 4.85. The smallest absolute Gasteiger partial charge is 0.414 e. The van der Waals surface area contributed by atoms with Gasteiger partial charge in [-0.3, -0.25) is 24.0 Å². The van der Waals surface area contributed by atoms with Gasteiger partial charge in [0.15, 0.2) is 0 Å². The molecule has 3 N–H and O–H groups in total. The van der Waals surface area contributed by atoms with Crippen LogP contribution in [0.2, 0.25) is 0 Å². The molecular formula is C25H27FN6O6. The van der Waals surface area contributed by atoms with E-state index < -0.39 is 30.5 Å². The van der Waals surface area contributed by atoms with Crippen LogP contribution >= 0.6 is 0 Å². The Kier molecular flexibility index (Phi) is 6.76. The number of fused-ring (bicyclic) bond motifs is 3. The van der Waals surface area contributed by atoms with Gasteiger partial charge in [0, 0.05) is 25.7 Å². The van der Waals surface area contributed by atoms with Crippen molar-refractivity contribution in [2.45, 2.75) is 26.1 Å². The number of aliphatic hydroxyl groups is 1. The first-order chi connectivity index (χ1) is 18.2. The highest BCUT2D eigenvalue weighted by molar-refractivity contribution is 5.94. The molecule has 1 saturated heterocycles. The van der Waals surface area contributed by atoms with E-state index >= 15 is 4.39 Å². The Morgan fingerprint density at radius 1 is 1.08 bits per heavy atom. The van der Waals surface area contributed by atoms with Crippen molar-refractivity contribution in [1.82, 2.24) is 14.7 Å². The van der Waals surface area contributed by atoms with Gasteiger partial charge < -0.3 is 25.4 Å². The number of rotatable bonds is 6. The van der Waals surface area contributed by atoms with E-state index in [0.29, 0.717) is 54.1 Å². The lowest BCUT2D eigenvalue weighted by atomic mass is 10.2. The molecule has 0 radical (unpaired) electrons. The lowest BCUT2D eigenvalue weighted by molar-refractivity contribution is -0.119. The Morgan fingerprint density at radius 3 is 2.55 bits per heavy atom. The molecule has 3 aromatic rings. The number of aromatic nitrogens is 2. The first-order valence-electron chi connectivity index (χ1n) is 12.2. The van der Waals surface area contributed by atoms with Gasteiger partial charge in [-0.05, 0) is 36.4 Å². The molecule has 3 amide bonds. The number of carbonyl (C=O) groups excluding carboxylic acids is 3. The molecule has 1 aromatic heterocycles. The van der Waals surface area contributed by atoms with Gasteiger partial charge in [0.05, 0.1) is 48.5 Å². The summed E-state index contributed by atoms with van der Waals surface area (Å²) >= 11 is 0. The lowest BCUT2D eigenvalue weighted by Gasteiger charge is -2.24. The zero-order valence-corrected chi connectivity index (χ0v) is 20.6. The molecule has 2 aliphatic heterocycles. The second-order valence-electron chi connectivity index (χ2n) is 9.17. The Bertz CT molecular complexity index is 1480. The molecule has 5 rings (SSSR count). The molecule has 0 aliphatic carbocycles. The largest absolute Gasteiger partial charge is 0.442 e. The minimum absolute atomic E-state index is 0.180. The number of carbonyl (C=O) groups is 3. The third-order valence-corrected chi connectivity index (χ3v) is 6.66. The molecule has 3 heterocycles. The highest BCUT2D eigenvalue weighted by atomic mass is 19.1. The van der Waals surface area contributed by atoms with E-state index in [1.165, 1.54) is 17.9 Å². The molecule has 0 saturated carbocycles. The van der Waals surface area contributed by atoms with Crippen LogP contribution in [0.25, 0.3) is 10.9 Å². The van der Waals surface area contributed by atoms with Gasteiger partial charge in [-0.25, -0.2) is 13.9 Å². The van der Waals surface area contributed by atoms with E-state index in [0.717, 1.165) is 0 Å².